The lowest BCUT2D eigenvalue weighted by atomic mass is 9.63. The van der Waals surface area contributed by atoms with E-state index >= 15 is 0 Å². The van der Waals surface area contributed by atoms with E-state index in [1.165, 1.54) is 24.7 Å². The summed E-state index contributed by atoms with van der Waals surface area (Å²) in [6.45, 7) is 9.20. The number of ether oxygens (including phenoxy) is 2. The number of carbonyl (C=O) groups is 1. The van der Waals surface area contributed by atoms with Crippen LogP contribution < -0.4 is 4.74 Å². The van der Waals surface area contributed by atoms with E-state index in [0.29, 0.717) is 11.3 Å². The minimum absolute atomic E-state index is 0.123. The summed E-state index contributed by atoms with van der Waals surface area (Å²) in [6, 6.07) is 11.4. The van der Waals surface area contributed by atoms with Crippen LogP contribution >= 0.6 is 15.9 Å². The summed E-state index contributed by atoms with van der Waals surface area (Å²) in [5, 5.41) is 0. The van der Waals surface area contributed by atoms with Gasteiger partial charge in [0.2, 0.25) is 0 Å². The normalized spacial score (nSPS) is 17.3. The summed E-state index contributed by atoms with van der Waals surface area (Å²) in [4.78, 5) is 11.6. The van der Waals surface area contributed by atoms with Crippen molar-refractivity contribution in [1.29, 1.82) is 0 Å². The Morgan fingerprint density at radius 2 is 1.50 bits per heavy atom. The summed E-state index contributed by atoms with van der Waals surface area (Å²) in [5.41, 5.74) is 3.52. The van der Waals surface area contributed by atoms with Gasteiger partial charge in [-0.1, -0.05) is 27.7 Å². The van der Waals surface area contributed by atoms with Gasteiger partial charge in [-0.2, -0.15) is 0 Å². The highest BCUT2D eigenvalue weighted by Crippen LogP contribution is 2.49. The molecule has 1 aliphatic rings. The zero-order valence-electron chi connectivity index (χ0n) is 16.0. The predicted molar refractivity (Wildman–Crippen MR) is 107 cm³/mol. The van der Waals surface area contributed by atoms with E-state index in [0.717, 1.165) is 16.6 Å². The van der Waals surface area contributed by atoms with Crippen molar-refractivity contribution in [3.8, 4) is 11.5 Å². The summed E-state index contributed by atoms with van der Waals surface area (Å²) in [7, 11) is 1.38. The first-order chi connectivity index (χ1) is 12.1. The van der Waals surface area contributed by atoms with Crippen molar-refractivity contribution in [2.75, 3.05) is 7.11 Å². The van der Waals surface area contributed by atoms with Gasteiger partial charge in [0, 0.05) is 0 Å². The van der Waals surface area contributed by atoms with Gasteiger partial charge >= 0.3 is 5.97 Å². The molecule has 0 radical (unpaired) electrons. The molecule has 0 N–H and O–H groups in total. The highest BCUT2D eigenvalue weighted by molar-refractivity contribution is 9.10. The van der Waals surface area contributed by atoms with E-state index in [9.17, 15) is 4.79 Å². The topological polar surface area (TPSA) is 35.5 Å². The Morgan fingerprint density at radius 1 is 0.962 bits per heavy atom. The maximum atomic E-state index is 11.6. The molecule has 0 saturated heterocycles. The largest absolute Gasteiger partial charge is 0.465 e. The number of methoxy groups -OCH3 is 1. The molecular formula is C22H25BrO3. The molecular weight excluding hydrogens is 392 g/mol. The van der Waals surface area contributed by atoms with Crippen LogP contribution in [0.15, 0.2) is 40.9 Å². The molecule has 0 unspecified atom stereocenters. The molecule has 0 bridgehead atoms. The highest BCUT2D eigenvalue weighted by atomic mass is 79.9. The first-order valence-corrected chi connectivity index (χ1v) is 9.64. The minimum Gasteiger partial charge on any atom is -0.465 e. The number of rotatable bonds is 3. The summed E-state index contributed by atoms with van der Waals surface area (Å²) < 4.78 is 11.8. The van der Waals surface area contributed by atoms with Crippen LogP contribution in [0.5, 0.6) is 11.5 Å². The zero-order valence-corrected chi connectivity index (χ0v) is 17.6. The molecule has 0 amide bonds. The Kier molecular flexibility index (Phi) is 4.91. The average Bonchev–Trinajstić information content (AvgIpc) is 2.60. The maximum Gasteiger partial charge on any atom is 0.337 e. The molecule has 4 heteroatoms. The number of hydrogen-bond acceptors (Lipinski definition) is 3. The van der Waals surface area contributed by atoms with Gasteiger partial charge < -0.3 is 9.47 Å². The molecule has 0 aromatic heterocycles. The van der Waals surface area contributed by atoms with E-state index in [2.05, 4.69) is 55.8 Å². The van der Waals surface area contributed by atoms with Gasteiger partial charge in [-0.3, -0.25) is 0 Å². The Labute approximate surface area is 163 Å². The van der Waals surface area contributed by atoms with Crippen LogP contribution in [0.4, 0.5) is 0 Å². The SMILES string of the molecule is COC(=O)c1ccc(Oc2cc3c(cc2Br)C(C)(C)CCC3(C)C)cc1. The van der Waals surface area contributed by atoms with Crippen LogP contribution in [-0.2, 0) is 15.6 Å². The highest BCUT2D eigenvalue weighted by Gasteiger charge is 2.37. The second kappa shape index (κ2) is 6.73. The van der Waals surface area contributed by atoms with E-state index in [4.69, 9.17) is 9.47 Å². The lowest BCUT2D eigenvalue weighted by Gasteiger charge is -2.42. The summed E-state index contributed by atoms with van der Waals surface area (Å²) in [6.07, 6.45) is 2.33. The van der Waals surface area contributed by atoms with Crippen molar-refractivity contribution in [1.82, 2.24) is 0 Å². The van der Waals surface area contributed by atoms with E-state index in [1.807, 2.05) is 0 Å². The molecule has 0 fully saturated rings. The van der Waals surface area contributed by atoms with Crippen molar-refractivity contribution in [2.45, 2.75) is 51.4 Å². The maximum absolute atomic E-state index is 11.6. The van der Waals surface area contributed by atoms with Gasteiger partial charge in [0.15, 0.2) is 0 Å². The van der Waals surface area contributed by atoms with Crippen molar-refractivity contribution in [2.24, 2.45) is 0 Å². The van der Waals surface area contributed by atoms with Gasteiger partial charge in [0.1, 0.15) is 11.5 Å². The van der Waals surface area contributed by atoms with Gasteiger partial charge in [0.25, 0.3) is 0 Å². The zero-order chi connectivity index (χ0) is 19.1. The van der Waals surface area contributed by atoms with Gasteiger partial charge in [-0.15, -0.1) is 0 Å². The monoisotopic (exact) mass is 416 g/mol. The smallest absolute Gasteiger partial charge is 0.337 e. The number of benzene rings is 2. The number of fused-ring (bicyclic) bond motifs is 1. The molecule has 138 valence electrons. The summed E-state index contributed by atoms with van der Waals surface area (Å²) in [5.74, 6) is 1.13. The Bertz CT molecular complexity index is 835. The third-order valence-corrected chi connectivity index (χ3v) is 6.03. The molecule has 1 aliphatic carbocycles. The molecule has 0 aliphatic heterocycles. The van der Waals surface area contributed by atoms with Crippen LogP contribution in [0.1, 0.15) is 62.0 Å². The first kappa shape index (κ1) is 19.0. The average molecular weight is 417 g/mol. The summed E-state index contributed by atoms with van der Waals surface area (Å²) >= 11 is 3.67. The second-order valence-corrected chi connectivity index (χ2v) is 9.07. The Balaban J connectivity index is 1.96. The molecule has 0 spiro atoms. The molecule has 3 nitrogen and oxygen atoms in total. The van der Waals surface area contributed by atoms with Crippen molar-refractivity contribution in [3.05, 3.63) is 57.6 Å². The van der Waals surface area contributed by atoms with Crippen molar-refractivity contribution in [3.63, 3.8) is 0 Å². The van der Waals surface area contributed by atoms with E-state index in [1.54, 1.807) is 24.3 Å². The van der Waals surface area contributed by atoms with Crippen molar-refractivity contribution < 1.29 is 14.3 Å². The molecule has 2 aromatic rings. The fraction of sp³-hybridized carbons (Fsp3) is 0.409. The number of esters is 1. The number of carbonyl (C=O) groups excluding carboxylic acids is 1. The molecule has 0 atom stereocenters. The molecule has 3 rings (SSSR count). The lowest BCUT2D eigenvalue weighted by molar-refractivity contribution is 0.0600. The molecule has 2 aromatic carbocycles. The Morgan fingerprint density at radius 3 is 2.04 bits per heavy atom. The predicted octanol–water partition coefficient (Wildman–Crippen LogP) is 6.38. The van der Waals surface area contributed by atoms with Gasteiger partial charge in [-0.25, -0.2) is 4.79 Å². The van der Waals surface area contributed by atoms with Crippen LogP contribution in [0, 0.1) is 0 Å². The van der Waals surface area contributed by atoms with Crippen LogP contribution in [0.25, 0.3) is 0 Å². The fourth-order valence-corrected chi connectivity index (χ4v) is 3.97. The minimum atomic E-state index is -0.351. The van der Waals surface area contributed by atoms with Crippen molar-refractivity contribution >= 4 is 21.9 Å². The van der Waals surface area contributed by atoms with E-state index < -0.39 is 0 Å². The van der Waals surface area contributed by atoms with Crippen LogP contribution in [0.3, 0.4) is 0 Å². The standard InChI is InChI=1S/C22H25BrO3/c1-21(2)10-11-22(3,4)17-13-19(18(23)12-16(17)21)26-15-8-6-14(7-9-15)20(24)25-5/h6-9,12-13H,10-11H2,1-5H3. The van der Waals surface area contributed by atoms with Crippen LogP contribution in [0.2, 0.25) is 0 Å². The quantitative estimate of drug-likeness (QED) is 0.544. The third kappa shape index (κ3) is 3.52. The van der Waals surface area contributed by atoms with Gasteiger partial charge in [-0.05, 0) is 87.1 Å². The molecule has 26 heavy (non-hydrogen) atoms. The van der Waals surface area contributed by atoms with Gasteiger partial charge in [0.05, 0.1) is 17.1 Å². The van der Waals surface area contributed by atoms with Crippen LogP contribution in [-0.4, -0.2) is 13.1 Å². The molecule has 0 saturated carbocycles. The second-order valence-electron chi connectivity index (χ2n) is 8.21. The third-order valence-electron chi connectivity index (χ3n) is 5.41. The van der Waals surface area contributed by atoms with E-state index in [-0.39, 0.29) is 16.8 Å². The first-order valence-electron chi connectivity index (χ1n) is 8.85. The number of hydrogen-bond donors (Lipinski definition) is 0. The fourth-order valence-electron chi connectivity index (χ4n) is 3.55. The Hall–Kier alpha value is -1.81. The lowest BCUT2D eigenvalue weighted by Crippen LogP contribution is -2.33. The molecule has 0 heterocycles. The number of halogens is 1.